The third-order valence-corrected chi connectivity index (χ3v) is 3.25. The minimum atomic E-state index is 0.0193. The molecule has 3 nitrogen and oxygen atoms in total. The van der Waals surface area contributed by atoms with E-state index in [1.807, 2.05) is 68.0 Å². The summed E-state index contributed by atoms with van der Waals surface area (Å²) in [6.07, 6.45) is 1.94. The van der Waals surface area contributed by atoms with Crippen LogP contribution in [-0.2, 0) is 7.05 Å². The van der Waals surface area contributed by atoms with Gasteiger partial charge in [0.2, 0.25) is 0 Å². The van der Waals surface area contributed by atoms with Gasteiger partial charge in [0.1, 0.15) is 0 Å². The molecule has 0 saturated heterocycles. The van der Waals surface area contributed by atoms with E-state index in [4.69, 9.17) is 0 Å². The highest BCUT2D eigenvalue weighted by molar-refractivity contribution is 6.09. The van der Waals surface area contributed by atoms with Gasteiger partial charge >= 0.3 is 0 Å². The standard InChI is InChI=1S/C15H20N2O/c1-11(9-16(2)3)15(18)13-10-17(4)14-8-6-5-7-12(13)14/h5-8,10-11H,9H2,1-4H3. The third kappa shape index (κ3) is 2.31. The molecule has 18 heavy (non-hydrogen) atoms. The number of Topliss-reactive ketones (excluding diaryl/α,β-unsaturated/α-hetero) is 1. The zero-order valence-corrected chi connectivity index (χ0v) is 11.5. The number of nitrogens with zero attached hydrogens (tertiary/aromatic N) is 2. The minimum Gasteiger partial charge on any atom is -0.350 e. The highest BCUT2D eigenvalue weighted by atomic mass is 16.1. The van der Waals surface area contributed by atoms with Crippen LogP contribution in [0.5, 0.6) is 0 Å². The van der Waals surface area contributed by atoms with Gasteiger partial charge in [0, 0.05) is 42.2 Å². The number of carbonyl (C=O) groups excluding carboxylic acids is 1. The molecule has 0 spiro atoms. The normalized spacial score (nSPS) is 13.2. The van der Waals surface area contributed by atoms with Crippen molar-refractivity contribution in [2.75, 3.05) is 20.6 Å². The lowest BCUT2D eigenvalue weighted by atomic mass is 9.98. The number of aromatic nitrogens is 1. The molecule has 1 aromatic heterocycles. The van der Waals surface area contributed by atoms with Crippen molar-refractivity contribution in [2.24, 2.45) is 13.0 Å². The summed E-state index contributed by atoms with van der Waals surface area (Å²) in [6, 6.07) is 8.04. The van der Waals surface area contributed by atoms with Crippen molar-refractivity contribution in [1.82, 2.24) is 9.47 Å². The third-order valence-electron chi connectivity index (χ3n) is 3.25. The molecule has 0 N–H and O–H groups in total. The molecule has 0 radical (unpaired) electrons. The van der Waals surface area contributed by atoms with Crippen molar-refractivity contribution in [3.63, 3.8) is 0 Å². The van der Waals surface area contributed by atoms with Crippen LogP contribution in [0, 0.1) is 5.92 Å². The maximum Gasteiger partial charge on any atom is 0.169 e. The monoisotopic (exact) mass is 244 g/mol. The Bertz CT molecular complexity index is 569. The minimum absolute atomic E-state index is 0.0193. The summed E-state index contributed by atoms with van der Waals surface area (Å²) in [5, 5.41) is 1.05. The number of fused-ring (bicyclic) bond motifs is 1. The zero-order chi connectivity index (χ0) is 13.3. The van der Waals surface area contributed by atoms with E-state index < -0.39 is 0 Å². The van der Waals surface area contributed by atoms with Crippen LogP contribution in [0.25, 0.3) is 10.9 Å². The first kappa shape index (κ1) is 12.8. The molecular formula is C15H20N2O. The largest absolute Gasteiger partial charge is 0.350 e. The number of hydrogen-bond acceptors (Lipinski definition) is 2. The van der Waals surface area contributed by atoms with Crippen LogP contribution in [-0.4, -0.2) is 35.9 Å². The predicted molar refractivity (Wildman–Crippen MR) is 75.0 cm³/mol. The van der Waals surface area contributed by atoms with Crippen molar-refractivity contribution in [3.05, 3.63) is 36.0 Å². The molecule has 96 valence electrons. The van der Waals surface area contributed by atoms with E-state index in [-0.39, 0.29) is 11.7 Å². The number of benzene rings is 1. The van der Waals surface area contributed by atoms with E-state index >= 15 is 0 Å². The summed E-state index contributed by atoms with van der Waals surface area (Å²) in [5.41, 5.74) is 1.94. The SMILES string of the molecule is CC(CN(C)C)C(=O)c1cn(C)c2ccccc12. The molecule has 0 bridgehead atoms. The molecule has 1 heterocycles. The van der Waals surface area contributed by atoms with Crippen LogP contribution in [0.2, 0.25) is 0 Å². The van der Waals surface area contributed by atoms with Crippen molar-refractivity contribution in [2.45, 2.75) is 6.92 Å². The maximum absolute atomic E-state index is 12.5. The quantitative estimate of drug-likeness (QED) is 0.772. The number of para-hydroxylation sites is 1. The van der Waals surface area contributed by atoms with Crippen LogP contribution in [0.4, 0.5) is 0 Å². The molecule has 1 aromatic carbocycles. The molecule has 1 atom stereocenters. The van der Waals surface area contributed by atoms with Gasteiger partial charge in [-0.1, -0.05) is 25.1 Å². The average molecular weight is 244 g/mol. The van der Waals surface area contributed by atoms with E-state index in [0.29, 0.717) is 0 Å². The Kier molecular flexibility index (Phi) is 3.53. The Balaban J connectivity index is 2.39. The topological polar surface area (TPSA) is 25.2 Å². The van der Waals surface area contributed by atoms with Crippen molar-refractivity contribution in [1.29, 1.82) is 0 Å². The molecule has 0 aliphatic rings. The van der Waals surface area contributed by atoms with Crippen LogP contribution in [0.1, 0.15) is 17.3 Å². The first-order chi connectivity index (χ1) is 8.50. The Morgan fingerprint density at radius 1 is 1.33 bits per heavy atom. The first-order valence-corrected chi connectivity index (χ1v) is 6.23. The smallest absolute Gasteiger partial charge is 0.169 e. The van der Waals surface area contributed by atoms with E-state index in [1.54, 1.807) is 0 Å². The number of ketones is 1. The number of hydrogen-bond donors (Lipinski definition) is 0. The molecule has 1 unspecified atom stereocenters. The lowest BCUT2D eigenvalue weighted by Gasteiger charge is -2.15. The number of carbonyl (C=O) groups is 1. The predicted octanol–water partition coefficient (Wildman–Crippen LogP) is 2.56. The molecular weight excluding hydrogens is 224 g/mol. The van der Waals surface area contributed by atoms with Crippen LogP contribution in [0.15, 0.2) is 30.5 Å². The van der Waals surface area contributed by atoms with E-state index in [2.05, 4.69) is 0 Å². The second kappa shape index (κ2) is 4.94. The zero-order valence-electron chi connectivity index (χ0n) is 11.5. The van der Waals surface area contributed by atoms with E-state index in [1.165, 1.54) is 0 Å². The van der Waals surface area contributed by atoms with Gasteiger partial charge in [0.05, 0.1) is 0 Å². The fourth-order valence-electron chi connectivity index (χ4n) is 2.43. The van der Waals surface area contributed by atoms with E-state index in [0.717, 1.165) is 23.0 Å². The van der Waals surface area contributed by atoms with Crippen molar-refractivity contribution in [3.8, 4) is 0 Å². The first-order valence-electron chi connectivity index (χ1n) is 6.23. The number of rotatable bonds is 4. The maximum atomic E-state index is 12.5. The fourth-order valence-corrected chi connectivity index (χ4v) is 2.43. The summed E-state index contributed by atoms with van der Waals surface area (Å²) in [5.74, 6) is 0.242. The van der Waals surface area contributed by atoms with Gasteiger partial charge in [0.15, 0.2) is 5.78 Å². The fraction of sp³-hybridized carbons (Fsp3) is 0.400. The number of aryl methyl sites for hydroxylation is 1. The van der Waals surface area contributed by atoms with Crippen LogP contribution < -0.4 is 0 Å². The summed E-state index contributed by atoms with van der Waals surface area (Å²) in [6.45, 7) is 2.77. The lowest BCUT2D eigenvalue weighted by molar-refractivity contribution is 0.0911. The molecule has 0 aliphatic heterocycles. The highest BCUT2D eigenvalue weighted by Crippen LogP contribution is 2.23. The molecule has 0 aliphatic carbocycles. The van der Waals surface area contributed by atoms with Gasteiger partial charge in [-0.05, 0) is 20.2 Å². The Morgan fingerprint density at radius 3 is 2.67 bits per heavy atom. The summed E-state index contributed by atoms with van der Waals surface area (Å²) in [4.78, 5) is 14.5. The van der Waals surface area contributed by atoms with Crippen molar-refractivity contribution >= 4 is 16.7 Å². The Morgan fingerprint density at radius 2 is 2.00 bits per heavy atom. The molecule has 2 aromatic rings. The van der Waals surface area contributed by atoms with Crippen molar-refractivity contribution < 1.29 is 4.79 Å². The van der Waals surface area contributed by atoms with Gasteiger partial charge in [-0.15, -0.1) is 0 Å². The van der Waals surface area contributed by atoms with Crippen LogP contribution >= 0.6 is 0 Å². The Hall–Kier alpha value is -1.61. The molecule has 0 fully saturated rings. The summed E-state index contributed by atoms with van der Waals surface area (Å²) < 4.78 is 2.02. The van der Waals surface area contributed by atoms with Crippen LogP contribution in [0.3, 0.4) is 0 Å². The van der Waals surface area contributed by atoms with Gasteiger partial charge in [-0.3, -0.25) is 4.79 Å². The molecule has 2 rings (SSSR count). The van der Waals surface area contributed by atoms with Gasteiger partial charge in [-0.25, -0.2) is 0 Å². The van der Waals surface area contributed by atoms with E-state index in [9.17, 15) is 4.79 Å². The second-order valence-corrected chi connectivity index (χ2v) is 5.20. The summed E-state index contributed by atoms with van der Waals surface area (Å²) >= 11 is 0. The molecule has 3 heteroatoms. The second-order valence-electron chi connectivity index (χ2n) is 5.20. The summed E-state index contributed by atoms with van der Waals surface area (Å²) in [7, 11) is 5.97. The average Bonchev–Trinajstić information content (AvgIpc) is 2.66. The van der Waals surface area contributed by atoms with Gasteiger partial charge < -0.3 is 9.47 Å². The molecule has 0 amide bonds. The lowest BCUT2D eigenvalue weighted by Crippen LogP contribution is -2.25. The Labute approximate surface area is 108 Å². The van der Waals surface area contributed by atoms with Gasteiger partial charge in [-0.2, -0.15) is 0 Å². The van der Waals surface area contributed by atoms with Gasteiger partial charge in [0.25, 0.3) is 0 Å². The highest BCUT2D eigenvalue weighted by Gasteiger charge is 2.19. The molecule has 0 saturated carbocycles.